The van der Waals surface area contributed by atoms with Crippen molar-refractivity contribution in [3.05, 3.63) is 0 Å². The van der Waals surface area contributed by atoms with Crippen LogP contribution in [0.1, 0.15) is 34.6 Å². The number of nitrogens with zero attached hydrogens (tertiary/aromatic N) is 1. The molecule has 0 aliphatic rings. The van der Waals surface area contributed by atoms with Crippen molar-refractivity contribution in [2.45, 2.75) is 46.2 Å². The third kappa shape index (κ3) is 2.95. The molecule has 94 valence electrons. The number of carbonyl (C=O) groups is 2. The number of likely N-dealkylation sites (N-methyl/N-ethyl adjacent to an activating group) is 1. The molecular weight excluding hydrogens is 208 g/mol. The summed E-state index contributed by atoms with van der Waals surface area (Å²) in [7, 11) is 1.46. The van der Waals surface area contributed by atoms with Crippen LogP contribution < -0.4 is 5.73 Å². The van der Waals surface area contributed by atoms with Crippen LogP contribution in [0.15, 0.2) is 0 Å². The zero-order valence-corrected chi connectivity index (χ0v) is 10.9. The van der Waals surface area contributed by atoms with Crippen molar-refractivity contribution in [3.8, 4) is 0 Å². The molecule has 0 fully saturated rings. The fourth-order valence-electron chi connectivity index (χ4n) is 0.998. The predicted molar refractivity (Wildman–Crippen MR) is 61.9 cm³/mol. The summed E-state index contributed by atoms with van der Waals surface area (Å²) in [5.74, 6) is -1.41. The minimum absolute atomic E-state index is 0.361. The SMILES string of the molecule is CN(C(=O)[C@H](N)C(C)(C)C)C(C)(C)C(=O)O. The Morgan fingerprint density at radius 2 is 1.56 bits per heavy atom. The maximum absolute atomic E-state index is 12.0. The molecule has 5 heteroatoms. The van der Waals surface area contributed by atoms with Crippen molar-refractivity contribution in [1.29, 1.82) is 0 Å². The minimum Gasteiger partial charge on any atom is -0.480 e. The van der Waals surface area contributed by atoms with Crippen molar-refractivity contribution in [2.75, 3.05) is 7.05 Å². The summed E-state index contributed by atoms with van der Waals surface area (Å²) >= 11 is 0. The van der Waals surface area contributed by atoms with Gasteiger partial charge in [0, 0.05) is 7.05 Å². The van der Waals surface area contributed by atoms with E-state index < -0.39 is 17.6 Å². The Balaban J connectivity index is 4.96. The summed E-state index contributed by atoms with van der Waals surface area (Å²) in [4.78, 5) is 24.2. The van der Waals surface area contributed by atoms with Crippen LogP contribution >= 0.6 is 0 Å². The molecule has 0 aromatic carbocycles. The topological polar surface area (TPSA) is 83.6 Å². The van der Waals surface area contributed by atoms with Crippen LogP contribution in [-0.4, -0.2) is 40.5 Å². The molecule has 0 unspecified atom stereocenters. The van der Waals surface area contributed by atoms with E-state index in [-0.39, 0.29) is 11.3 Å². The molecule has 3 N–H and O–H groups in total. The molecule has 0 saturated carbocycles. The Bertz CT molecular complexity index is 292. The standard InChI is InChI=1S/C11H22N2O3/c1-10(2,3)7(12)8(14)13(6)11(4,5)9(15)16/h7H,12H2,1-6H3,(H,15,16)/t7-/m0/s1. The van der Waals surface area contributed by atoms with Crippen LogP contribution in [0.3, 0.4) is 0 Å². The van der Waals surface area contributed by atoms with Crippen LogP contribution in [0.4, 0.5) is 0 Å². The first-order valence-electron chi connectivity index (χ1n) is 5.19. The highest BCUT2D eigenvalue weighted by Crippen LogP contribution is 2.22. The van der Waals surface area contributed by atoms with E-state index in [2.05, 4.69) is 0 Å². The molecule has 0 bridgehead atoms. The van der Waals surface area contributed by atoms with Gasteiger partial charge in [-0.2, -0.15) is 0 Å². The van der Waals surface area contributed by atoms with Crippen molar-refractivity contribution < 1.29 is 14.7 Å². The van der Waals surface area contributed by atoms with Gasteiger partial charge in [-0.15, -0.1) is 0 Å². The first kappa shape index (κ1) is 14.9. The monoisotopic (exact) mass is 230 g/mol. The largest absolute Gasteiger partial charge is 0.480 e. The Morgan fingerprint density at radius 3 is 1.81 bits per heavy atom. The van der Waals surface area contributed by atoms with Gasteiger partial charge >= 0.3 is 5.97 Å². The molecule has 0 radical (unpaired) electrons. The summed E-state index contributed by atoms with van der Waals surface area (Å²) in [6.45, 7) is 8.48. The van der Waals surface area contributed by atoms with Crippen LogP contribution in [0.2, 0.25) is 0 Å². The van der Waals surface area contributed by atoms with Crippen LogP contribution in [0.25, 0.3) is 0 Å². The van der Waals surface area contributed by atoms with E-state index in [1.807, 2.05) is 20.8 Å². The summed E-state index contributed by atoms with van der Waals surface area (Å²) in [6.07, 6.45) is 0. The number of hydrogen-bond donors (Lipinski definition) is 2. The Kier molecular flexibility index (Phi) is 4.11. The minimum atomic E-state index is -1.25. The van der Waals surface area contributed by atoms with Gasteiger partial charge in [-0.05, 0) is 19.3 Å². The zero-order valence-electron chi connectivity index (χ0n) is 10.9. The molecule has 0 aromatic rings. The molecule has 5 nitrogen and oxygen atoms in total. The highest BCUT2D eigenvalue weighted by molar-refractivity contribution is 5.89. The van der Waals surface area contributed by atoms with Gasteiger partial charge in [0.15, 0.2) is 0 Å². The second-order valence-electron chi connectivity index (χ2n) is 5.61. The number of aliphatic carboxylic acids is 1. The molecular formula is C11H22N2O3. The van der Waals surface area contributed by atoms with Gasteiger partial charge in [-0.1, -0.05) is 20.8 Å². The summed E-state index contributed by atoms with van der Waals surface area (Å²) in [5.41, 5.74) is 4.17. The quantitative estimate of drug-likeness (QED) is 0.747. The lowest BCUT2D eigenvalue weighted by Crippen LogP contribution is -2.58. The second-order valence-corrected chi connectivity index (χ2v) is 5.61. The molecule has 0 spiro atoms. The normalized spacial score (nSPS) is 14.4. The van der Waals surface area contributed by atoms with Gasteiger partial charge < -0.3 is 15.7 Å². The first-order valence-corrected chi connectivity index (χ1v) is 5.19. The molecule has 16 heavy (non-hydrogen) atoms. The van der Waals surface area contributed by atoms with Gasteiger partial charge in [0.25, 0.3) is 0 Å². The molecule has 0 aromatic heterocycles. The zero-order chi connectivity index (χ0) is 13.3. The van der Waals surface area contributed by atoms with Crippen LogP contribution in [0.5, 0.6) is 0 Å². The number of carboxylic acids is 1. The van der Waals surface area contributed by atoms with E-state index in [0.29, 0.717) is 0 Å². The van der Waals surface area contributed by atoms with Crippen LogP contribution in [0, 0.1) is 5.41 Å². The Hall–Kier alpha value is -1.10. The van der Waals surface area contributed by atoms with Gasteiger partial charge in [-0.3, -0.25) is 4.79 Å². The van der Waals surface area contributed by atoms with E-state index >= 15 is 0 Å². The van der Waals surface area contributed by atoms with E-state index in [4.69, 9.17) is 10.8 Å². The lowest BCUT2D eigenvalue weighted by Gasteiger charge is -2.36. The average Bonchev–Trinajstić information content (AvgIpc) is 2.12. The molecule has 0 aliphatic heterocycles. The summed E-state index contributed by atoms with van der Waals surface area (Å²) < 4.78 is 0. The summed E-state index contributed by atoms with van der Waals surface area (Å²) in [6, 6.07) is -0.712. The third-order valence-corrected chi connectivity index (χ3v) is 2.89. The van der Waals surface area contributed by atoms with Gasteiger partial charge in [0.2, 0.25) is 5.91 Å². The second kappa shape index (κ2) is 4.41. The van der Waals surface area contributed by atoms with Crippen LogP contribution in [-0.2, 0) is 9.59 Å². The van der Waals surface area contributed by atoms with Crippen molar-refractivity contribution in [2.24, 2.45) is 11.1 Å². The van der Waals surface area contributed by atoms with Gasteiger partial charge in [0.05, 0.1) is 6.04 Å². The van der Waals surface area contributed by atoms with E-state index in [9.17, 15) is 9.59 Å². The number of hydrogen-bond acceptors (Lipinski definition) is 3. The average molecular weight is 230 g/mol. The number of nitrogens with two attached hydrogens (primary N) is 1. The molecule has 1 atom stereocenters. The fraction of sp³-hybridized carbons (Fsp3) is 0.818. The predicted octanol–water partition coefficient (Wildman–Crippen LogP) is 0.681. The fourth-order valence-corrected chi connectivity index (χ4v) is 0.998. The molecule has 1 amide bonds. The Morgan fingerprint density at radius 1 is 1.19 bits per heavy atom. The smallest absolute Gasteiger partial charge is 0.329 e. The van der Waals surface area contributed by atoms with Crippen molar-refractivity contribution >= 4 is 11.9 Å². The lowest BCUT2D eigenvalue weighted by molar-refractivity contribution is -0.156. The third-order valence-electron chi connectivity index (χ3n) is 2.89. The molecule has 0 rings (SSSR count). The maximum Gasteiger partial charge on any atom is 0.329 e. The summed E-state index contributed by atoms with van der Waals surface area (Å²) in [5, 5.41) is 9.01. The van der Waals surface area contributed by atoms with Crippen molar-refractivity contribution in [1.82, 2.24) is 4.90 Å². The highest BCUT2D eigenvalue weighted by atomic mass is 16.4. The van der Waals surface area contributed by atoms with Gasteiger partial charge in [-0.25, -0.2) is 4.79 Å². The number of amides is 1. The van der Waals surface area contributed by atoms with E-state index in [1.54, 1.807) is 0 Å². The van der Waals surface area contributed by atoms with E-state index in [0.717, 1.165) is 0 Å². The van der Waals surface area contributed by atoms with Gasteiger partial charge in [0.1, 0.15) is 5.54 Å². The maximum atomic E-state index is 12.0. The number of rotatable bonds is 3. The lowest BCUT2D eigenvalue weighted by atomic mass is 9.86. The molecule has 0 saturated heterocycles. The van der Waals surface area contributed by atoms with E-state index in [1.165, 1.54) is 25.8 Å². The molecule has 0 heterocycles. The van der Waals surface area contributed by atoms with Crippen molar-refractivity contribution in [3.63, 3.8) is 0 Å². The first-order chi connectivity index (χ1) is 6.92. The highest BCUT2D eigenvalue weighted by Gasteiger charge is 2.39. The molecule has 0 aliphatic carbocycles. The number of carboxylic acid groups (broad SMARTS) is 1. The number of carbonyl (C=O) groups excluding carboxylic acids is 1. The Labute approximate surface area is 96.6 Å².